The van der Waals surface area contributed by atoms with Gasteiger partial charge in [-0.1, -0.05) is 12.1 Å². The van der Waals surface area contributed by atoms with Crippen LogP contribution in [-0.4, -0.2) is 20.7 Å². The first-order valence-corrected chi connectivity index (χ1v) is 5.18. The average Bonchev–Trinajstić information content (AvgIpc) is 2.72. The van der Waals surface area contributed by atoms with E-state index in [1.54, 1.807) is 12.1 Å². The molecule has 0 fully saturated rings. The normalized spacial score (nSPS) is 10.3. The van der Waals surface area contributed by atoms with E-state index in [1.165, 1.54) is 23.1 Å². The molecule has 0 amide bonds. The van der Waals surface area contributed by atoms with Crippen LogP contribution in [-0.2, 0) is 22.7 Å². The number of nitrogen functional groups attached to an aromatic ring is 1. The largest absolute Gasteiger partial charge is 0.459 e. The van der Waals surface area contributed by atoms with Gasteiger partial charge < -0.3 is 10.5 Å². The van der Waals surface area contributed by atoms with Crippen LogP contribution in [0, 0.1) is 5.82 Å². The van der Waals surface area contributed by atoms with E-state index >= 15 is 0 Å². The lowest BCUT2D eigenvalue weighted by atomic mass is 10.2. The lowest BCUT2D eigenvalue weighted by molar-refractivity contribution is -0.145. The Labute approximate surface area is 102 Å². The van der Waals surface area contributed by atoms with Gasteiger partial charge in [-0.3, -0.25) is 4.79 Å². The fourth-order valence-corrected chi connectivity index (χ4v) is 1.35. The molecule has 0 saturated heterocycles. The van der Waals surface area contributed by atoms with E-state index in [0.29, 0.717) is 5.56 Å². The van der Waals surface area contributed by atoms with Crippen molar-refractivity contribution in [1.82, 2.24) is 14.8 Å². The van der Waals surface area contributed by atoms with Gasteiger partial charge in [0.1, 0.15) is 25.3 Å². The van der Waals surface area contributed by atoms with Gasteiger partial charge in [-0.25, -0.2) is 14.1 Å². The van der Waals surface area contributed by atoms with Gasteiger partial charge in [0.05, 0.1) is 0 Å². The minimum absolute atomic E-state index is 0.0147. The third-order valence-electron chi connectivity index (χ3n) is 2.13. The summed E-state index contributed by atoms with van der Waals surface area (Å²) in [5, 5.41) is 3.74. The monoisotopic (exact) mass is 250 g/mol. The highest BCUT2D eigenvalue weighted by Gasteiger charge is 2.06. The number of carbonyl (C=O) groups is 1. The Balaban J connectivity index is 1.85. The number of ether oxygens (including phenoxy) is 1. The number of halogens is 1. The SMILES string of the molecule is Nc1ncn(CC(=O)OCc2cccc(F)c2)n1. The molecule has 18 heavy (non-hydrogen) atoms. The predicted molar refractivity (Wildman–Crippen MR) is 60.6 cm³/mol. The summed E-state index contributed by atoms with van der Waals surface area (Å²) >= 11 is 0. The van der Waals surface area contributed by atoms with Crippen molar-refractivity contribution in [1.29, 1.82) is 0 Å². The molecule has 6 nitrogen and oxygen atoms in total. The number of nitrogens with two attached hydrogens (primary N) is 1. The van der Waals surface area contributed by atoms with Crippen molar-refractivity contribution < 1.29 is 13.9 Å². The standard InChI is InChI=1S/C11H11FN4O2/c12-9-3-1-2-8(4-9)6-18-10(17)5-16-7-14-11(13)15-16/h1-4,7H,5-6H2,(H2,13,15). The van der Waals surface area contributed by atoms with Crippen molar-refractivity contribution in [2.75, 3.05) is 5.73 Å². The average molecular weight is 250 g/mol. The van der Waals surface area contributed by atoms with Crippen LogP contribution in [0.5, 0.6) is 0 Å². The summed E-state index contributed by atoms with van der Waals surface area (Å²) < 4.78 is 19.1. The van der Waals surface area contributed by atoms with Gasteiger partial charge in [0, 0.05) is 0 Å². The van der Waals surface area contributed by atoms with Crippen LogP contribution >= 0.6 is 0 Å². The zero-order valence-electron chi connectivity index (χ0n) is 9.41. The van der Waals surface area contributed by atoms with Gasteiger partial charge in [-0.2, -0.15) is 0 Å². The van der Waals surface area contributed by atoms with Crippen LogP contribution in [0.15, 0.2) is 30.6 Å². The number of rotatable bonds is 4. The van der Waals surface area contributed by atoms with E-state index in [4.69, 9.17) is 10.5 Å². The molecule has 1 aromatic heterocycles. The molecule has 0 atom stereocenters. The molecule has 2 aromatic rings. The van der Waals surface area contributed by atoms with Gasteiger partial charge in [-0.15, -0.1) is 5.10 Å². The Morgan fingerprint density at radius 2 is 2.33 bits per heavy atom. The molecule has 0 spiro atoms. The molecule has 0 aliphatic carbocycles. The molecule has 0 saturated carbocycles. The number of benzene rings is 1. The van der Waals surface area contributed by atoms with Crippen molar-refractivity contribution >= 4 is 11.9 Å². The molecule has 0 unspecified atom stereocenters. The molecule has 0 bridgehead atoms. The minimum atomic E-state index is -0.496. The first-order chi connectivity index (χ1) is 8.63. The Morgan fingerprint density at radius 1 is 1.50 bits per heavy atom. The van der Waals surface area contributed by atoms with E-state index in [0.717, 1.165) is 0 Å². The van der Waals surface area contributed by atoms with Gasteiger partial charge in [-0.05, 0) is 17.7 Å². The summed E-state index contributed by atoms with van der Waals surface area (Å²) in [7, 11) is 0. The van der Waals surface area contributed by atoms with Crippen LogP contribution in [0.2, 0.25) is 0 Å². The molecule has 2 rings (SSSR count). The number of nitrogens with zero attached hydrogens (tertiary/aromatic N) is 3. The number of hydrogen-bond acceptors (Lipinski definition) is 5. The van der Waals surface area contributed by atoms with Crippen LogP contribution in [0.25, 0.3) is 0 Å². The molecule has 0 aliphatic rings. The maximum atomic E-state index is 12.9. The quantitative estimate of drug-likeness (QED) is 0.809. The van der Waals surface area contributed by atoms with E-state index in [9.17, 15) is 9.18 Å². The van der Waals surface area contributed by atoms with Crippen molar-refractivity contribution in [2.45, 2.75) is 13.2 Å². The molecule has 94 valence electrons. The maximum Gasteiger partial charge on any atom is 0.328 e. The second kappa shape index (κ2) is 5.26. The summed E-state index contributed by atoms with van der Waals surface area (Å²) in [5.74, 6) is -0.773. The number of anilines is 1. The third-order valence-corrected chi connectivity index (χ3v) is 2.13. The molecule has 0 aliphatic heterocycles. The second-order valence-corrected chi connectivity index (χ2v) is 3.59. The fraction of sp³-hybridized carbons (Fsp3) is 0.182. The number of hydrogen-bond donors (Lipinski definition) is 1. The second-order valence-electron chi connectivity index (χ2n) is 3.59. The summed E-state index contributed by atoms with van der Waals surface area (Å²) in [4.78, 5) is 15.1. The fourth-order valence-electron chi connectivity index (χ4n) is 1.35. The smallest absolute Gasteiger partial charge is 0.328 e. The highest BCUT2D eigenvalue weighted by Crippen LogP contribution is 2.05. The van der Waals surface area contributed by atoms with Crippen molar-refractivity contribution in [3.63, 3.8) is 0 Å². The zero-order chi connectivity index (χ0) is 13.0. The number of aromatic nitrogens is 3. The molecule has 1 heterocycles. The first kappa shape index (κ1) is 12.0. The van der Waals surface area contributed by atoms with E-state index in [2.05, 4.69) is 10.1 Å². The molecule has 7 heteroatoms. The molecule has 1 aromatic carbocycles. The highest BCUT2D eigenvalue weighted by molar-refractivity contribution is 5.69. The Hall–Kier alpha value is -2.44. The van der Waals surface area contributed by atoms with E-state index in [-0.39, 0.29) is 24.9 Å². The topological polar surface area (TPSA) is 83.0 Å². The Morgan fingerprint density at radius 3 is 3.00 bits per heavy atom. The van der Waals surface area contributed by atoms with Crippen LogP contribution in [0.3, 0.4) is 0 Å². The number of carbonyl (C=O) groups excluding carboxylic acids is 1. The Bertz CT molecular complexity index is 555. The van der Waals surface area contributed by atoms with Crippen molar-refractivity contribution in [2.24, 2.45) is 0 Å². The summed E-state index contributed by atoms with van der Waals surface area (Å²) in [5.41, 5.74) is 5.88. The minimum Gasteiger partial charge on any atom is -0.459 e. The molecule has 2 N–H and O–H groups in total. The molecule has 0 radical (unpaired) electrons. The van der Waals surface area contributed by atoms with Gasteiger partial charge in [0.25, 0.3) is 0 Å². The van der Waals surface area contributed by atoms with Crippen molar-refractivity contribution in [3.05, 3.63) is 42.0 Å². The molecular formula is C11H11FN4O2. The van der Waals surface area contributed by atoms with Gasteiger partial charge in [0.2, 0.25) is 5.95 Å². The lowest BCUT2D eigenvalue weighted by Gasteiger charge is -2.04. The Kier molecular flexibility index (Phi) is 3.52. The first-order valence-electron chi connectivity index (χ1n) is 5.18. The highest BCUT2D eigenvalue weighted by atomic mass is 19.1. The summed E-state index contributed by atoms with van der Waals surface area (Å²) in [6.07, 6.45) is 1.33. The third kappa shape index (κ3) is 3.27. The van der Waals surface area contributed by atoms with Crippen molar-refractivity contribution in [3.8, 4) is 0 Å². The van der Waals surface area contributed by atoms with E-state index in [1.807, 2.05) is 0 Å². The lowest BCUT2D eigenvalue weighted by Crippen LogP contribution is -2.14. The summed E-state index contributed by atoms with van der Waals surface area (Å²) in [6.45, 7) is -0.0692. The van der Waals surface area contributed by atoms with Gasteiger partial charge >= 0.3 is 5.97 Å². The van der Waals surface area contributed by atoms with Gasteiger partial charge in [0.15, 0.2) is 0 Å². The van der Waals surface area contributed by atoms with Crippen LogP contribution < -0.4 is 5.73 Å². The number of esters is 1. The maximum absolute atomic E-state index is 12.9. The molecular weight excluding hydrogens is 239 g/mol. The predicted octanol–water partition coefficient (Wildman–Crippen LogP) is 0.743. The van der Waals surface area contributed by atoms with Crippen LogP contribution in [0.1, 0.15) is 5.56 Å². The summed E-state index contributed by atoms with van der Waals surface area (Å²) in [6, 6.07) is 5.85. The van der Waals surface area contributed by atoms with E-state index < -0.39 is 5.97 Å². The van der Waals surface area contributed by atoms with Crippen LogP contribution in [0.4, 0.5) is 10.3 Å². The zero-order valence-corrected chi connectivity index (χ0v) is 9.41.